The highest BCUT2D eigenvalue weighted by atomic mass is 32.1. The first-order chi connectivity index (χ1) is 8.08. The number of hydrogen-bond donors (Lipinski definition) is 1. The van der Waals surface area contributed by atoms with Crippen LogP contribution in [0.5, 0.6) is 0 Å². The van der Waals surface area contributed by atoms with Gasteiger partial charge < -0.3 is 5.32 Å². The number of carbonyl (C=O) groups is 1. The van der Waals surface area contributed by atoms with Crippen molar-refractivity contribution in [2.75, 3.05) is 5.32 Å². The van der Waals surface area contributed by atoms with Gasteiger partial charge in [0.2, 0.25) is 0 Å². The van der Waals surface area contributed by atoms with Crippen LogP contribution in [0.2, 0.25) is 0 Å². The van der Waals surface area contributed by atoms with Crippen LogP contribution in [-0.4, -0.2) is 5.91 Å². The summed E-state index contributed by atoms with van der Waals surface area (Å²) in [6.45, 7) is 6.02. The minimum atomic E-state index is -0.0301. The molecular weight excluding hydrogens is 230 g/mol. The minimum Gasteiger partial charge on any atom is -0.322 e. The highest BCUT2D eigenvalue weighted by Gasteiger charge is 2.12. The summed E-state index contributed by atoms with van der Waals surface area (Å²) in [6, 6.07) is 7.82. The van der Waals surface area contributed by atoms with Gasteiger partial charge in [0, 0.05) is 15.9 Å². The van der Waals surface area contributed by atoms with Crippen molar-refractivity contribution >= 4 is 22.9 Å². The Morgan fingerprint density at radius 2 is 2.00 bits per heavy atom. The second kappa shape index (κ2) is 4.72. The Morgan fingerprint density at radius 3 is 2.59 bits per heavy atom. The lowest BCUT2D eigenvalue weighted by atomic mass is 10.1. The third-order valence-corrected chi connectivity index (χ3v) is 3.82. The van der Waals surface area contributed by atoms with E-state index in [-0.39, 0.29) is 5.91 Å². The van der Waals surface area contributed by atoms with E-state index in [1.165, 1.54) is 4.88 Å². The smallest absolute Gasteiger partial charge is 0.256 e. The maximum absolute atomic E-state index is 12.1. The monoisotopic (exact) mass is 245 g/mol. The second-order valence-electron chi connectivity index (χ2n) is 4.15. The molecule has 0 aliphatic heterocycles. The minimum absolute atomic E-state index is 0.0301. The average Bonchev–Trinajstić information content (AvgIpc) is 2.60. The molecule has 17 heavy (non-hydrogen) atoms. The molecule has 0 radical (unpaired) electrons. The predicted molar refractivity (Wildman–Crippen MR) is 72.9 cm³/mol. The third-order valence-electron chi connectivity index (χ3n) is 2.81. The van der Waals surface area contributed by atoms with Crippen LogP contribution in [0.15, 0.2) is 29.6 Å². The van der Waals surface area contributed by atoms with Gasteiger partial charge >= 0.3 is 0 Å². The molecule has 0 aliphatic carbocycles. The maximum Gasteiger partial charge on any atom is 0.256 e. The van der Waals surface area contributed by atoms with E-state index in [0.29, 0.717) is 0 Å². The normalized spacial score (nSPS) is 10.3. The standard InChI is InChI=1S/C14H15NOS/c1-9-5-4-6-12(7-9)15-14(16)13-8-17-11(3)10(13)2/h4-8H,1-3H3,(H,15,16). The van der Waals surface area contributed by atoms with Gasteiger partial charge in [0.1, 0.15) is 0 Å². The number of carbonyl (C=O) groups excluding carboxylic acids is 1. The molecule has 2 nitrogen and oxygen atoms in total. The molecule has 1 heterocycles. The van der Waals surface area contributed by atoms with Crippen molar-refractivity contribution in [2.45, 2.75) is 20.8 Å². The summed E-state index contributed by atoms with van der Waals surface area (Å²) in [6.07, 6.45) is 0. The molecule has 0 saturated heterocycles. The van der Waals surface area contributed by atoms with Crippen LogP contribution in [0.25, 0.3) is 0 Å². The fourth-order valence-corrected chi connectivity index (χ4v) is 2.52. The van der Waals surface area contributed by atoms with E-state index in [9.17, 15) is 4.79 Å². The quantitative estimate of drug-likeness (QED) is 0.853. The van der Waals surface area contributed by atoms with Crippen LogP contribution in [0.1, 0.15) is 26.4 Å². The molecule has 1 aromatic carbocycles. The van der Waals surface area contributed by atoms with E-state index in [1.54, 1.807) is 11.3 Å². The van der Waals surface area contributed by atoms with Gasteiger partial charge in [-0.25, -0.2) is 0 Å². The molecule has 0 unspecified atom stereocenters. The average molecular weight is 245 g/mol. The van der Waals surface area contributed by atoms with E-state index in [2.05, 4.69) is 5.32 Å². The van der Waals surface area contributed by atoms with Crippen molar-refractivity contribution in [3.05, 3.63) is 51.2 Å². The van der Waals surface area contributed by atoms with Gasteiger partial charge in [-0.3, -0.25) is 4.79 Å². The van der Waals surface area contributed by atoms with Gasteiger partial charge in [-0.2, -0.15) is 0 Å². The van der Waals surface area contributed by atoms with Crippen molar-refractivity contribution in [3.63, 3.8) is 0 Å². The first-order valence-electron chi connectivity index (χ1n) is 5.50. The molecule has 0 saturated carbocycles. The van der Waals surface area contributed by atoms with Crippen LogP contribution in [-0.2, 0) is 0 Å². The SMILES string of the molecule is Cc1cccc(NC(=O)c2csc(C)c2C)c1. The Balaban J connectivity index is 2.20. The van der Waals surface area contributed by atoms with Gasteiger partial charge in [0.05, 0.1) is 5.56 Å². The second-order valence-corrected chi connectivity index (χ2v) is 5.24. The summed E-state index contributed by atoms with van der Waals surface area (Å²) in [5.41, 5.74) is 3.83. The Labute approximate surface area is 105 Å². The summed E-state index contributed by atoms with van der Waals surface area (Å²) in [7, 11) is 0. The Bertz CT molecular complexity index is 557. The van der Waals surface area contributed by atoms with Gasteiger partial charge in [0.15, 0.2) is 0 Å². The molecule has 88 valence electrons. The molecule has 1 amide bonds. The van der Waals surface area contributed by atoms with E-state index in [4.69, 9.17) is 0 Å². The van der Waals surface area contributed by atoms with E-state index < -0.39 is 0 Å². The van der Waals surface area contributed by atoms with Crippen LogP contribution in [0.3, 0.4) is 0 Å². The predicted octanol–water partition coefficient (Wildman–Crippen LogP) is 3.93. The number of aryl methyl sites for hydroxylation is 2. The van der Waals surface area contributed by atoms with Gasteiger partial charge in [0.25, 0.3) is 5.91 Å². The molecule has 0 aliphatic rings. The summed E-state index contributed by atoms with van der Waals surface area (Å²) in [5, 5.41) is 4.83. The Morgan fingerprint density at radius 1 is 1.24 bits per heavy atom. The number of nitrogens with one attached hydrogen (secondary N) is 1. The number of hydrogen-bond acceptors (Lipinski definition) is 2. The van der Waals surface area contributed by atoms with Crippen LogP contribution in [0, 0.1) is 20.8 Å². The van der Waals surface area contributed by atoms with Gasteiger partial charge in [-0.05, 0) is 44.0 Å². The summed E-state index contributed by atoms with van der Waals surface area (Å²) in [4.78, 5) is 13.2. The molecule has 3 heteroatoms. The van der Waals surface area contributed by atoms with E-state index in [1.807, 2.05) is 50.4 Å². The summed E-state index contributed by atoms with van der Waals surface area (Å²) >= 11 is 1.61. The van der Waals surface area contributed by atoms with E-state index >= 15 is 0 Å². The Hall–Kier alpha value is -1.61. The van der Waals surface area contributed by atoms with Crippen molar-refractivity contribution in [1.82, 2.24) is 0 Å². The van der Waals surface area contributed by atoms with Crippen molar-refractivity contribution in [2.24, 2.45) is 0 Å². The first-order valence-corrected chi connectivity index (χ1v) is 6.38. The zero-order chi connectivity index (χ0) is 12.4. The summed E-state index contributed by atoms with van der Waals surface area (Å²) in [5.74, 6) is -0.0301. The van der Waals surface area contributed by atoms with Crippen LogP contribution < -0.4 is 5.32 Å². The molecule has 0 fully saturated rings. The number of anilines is 1. The lowest BCUT2D eigenvalue weighted by Crippen LogP contribution is -2.12. The van der Waals surface area contributed by atoms with Gasteiger partial charge in [-0.1, -0.05) is 12.1 Å². The zero-order valence-corrected chi connectivity index (χ0v) is 11.0. The highest BCUT2D eigenvalue weighted by Crippen LogP contribution is 2.21. The molecule has 1 N–H and O–H groups in total. The molecule has 0 atom stereocenters. The van der Waals surface area contributed by atoms with Crippen LogP contribution >= 0.6 is 11.3 Å². The molecule has 0 bridgehead atoms. The third kappa shape index (κ3) is 2.56. The maximum atomic E-state index is 12.1. The first kappa shape index (κ1) is 11.9. The van der Waals surface area contributed by atoms with Crippen molar-refractivity contribution in [1.29, 1.82) is 0 Å². The topological polar surface area (TPSA) is 29.1 Å². The van der Waals surface area contributed by atoms with Crippen LogP contribution in [0.4, 0.5) is 5.69 Å². The fraction of sp³-hybridized carbons (Fsp3) is 0.214. The number of benzene rings is 1. The number of amides is 1. The fourth-order valence-electron chi connectivity index (χ4n) is 1.66. The molecule has 2 rings (SSSR count). The van der Waals surface area contributed by atoms with Crippen molar-refractivity contribution < 1.29 is 4.79 Å². The summed E-state index contributed by atoms with van der Waals surface area (Å²) < 4.78 is 0. The lowest BCUT2D eigenvalue weighted by Gasteiger charge is -2.05. The Kier molecular flexibility index (Phi) is 3.29. The molecular formula is C14H15NOS. The molecule has 1 aromatic heterocycles. The largest absolute Gasteiger partial charge is 0.322 e. The number of rotatable bonds is 2. The molecule has 2 aromatic rings. The highest BCUT2D eigenvalue weighted by molar-refractivity contribution is 7.10. The van der Waals surface area contributed by atoms with E-state index in [0.717, 1.165) is 22.4 Å². The zero-order valence-electron chi connectivity index (χ0n) is 10.2. The van der Waals surface area contributed by atoms with Crippen molar-refractivity contribution in [3.8, 4) is 0 Å². The number of thiophene rings is 1. The van der Waals surface area contributed by atoms with Gasteiger partial charge in [-0.15, -0.1) is 11.3 Å². The lowest BCUT2D eigenvalue weighted by molar-refractivity contribution is 0.102. The molecule has 0 spiro atoms.